The number of aromatic nitrogens is 2. The lowest BCUT2D eigenvalue weighted by Crippen LogP contribution is -2.55. The van der Waals surface area contributed by atoms with Crippen LogP contribution in [0.15, 0.2) is 22.8 Å². The Kier molecular flexibility index (Phi) is 4.88. The van der Waals surface area contributed by atoms with Gasteiger partial charge < -0.3 is 9.62 Å². The van der Waals surface area contributed by atoms with E-state index in [0.29, 0.717) is 30.8 Å². The largest absolute Gasteiger partial charge is 0.623 e. The van der Waals surface area contributed by atoms with Gasteiger partial charge in [0, 0.05) is 5.92 Å². The third-order valence-corrected chi connectivity index (χ3v) is 6.44. The number of hydrogen-bond donors (Lipinski definition) is 1. The minimum absolute atomic E-state index is 0.262. The molecule has 0 aromatic carbocycles. The molecule has 1 saturated carbocycles. The predicted octanol–water partition coefficient (Wildman–Crippen LogP) is 3.00. The van der Waals surface area contributed by atoms with E-state index in [1.807, 2.05) is 19.2 Å². The first kappa shape index (κ1) is 17.1. The normalized spacial score (nSPS) is 28.6. The monoisotopic (exact) mass is 363 g/mol. The van der Waals surface area contributed by atoms with Crippen molar-refractivity contribution in [2.45, 2.75) is 50.7 Å². The van der Waals surface area contributed by atoms with Gasteiger partial charge in [-0.05, 0) is 43.4 Å². The summed E-state index contributed by atoms with van der Waals surface area (Å²) in [6.07, 6.45) is 7.56. The third kappa shape index (κ3) is 3.50. The fourth-order valence-corrected chi connectivity index (χ4v) is 4.97. The number of likely N-dealkylation sites (N-methyl/N-ethyl adjacent to an activating group) is 1. The van der Waals surface area contributed by atoms with Crippen LogP contribution >= 0.6 is 11.3 Å². The lowest BCUT2D eigenvalue weighted by atomic mass is 9.90. The summed E-state index contributed by atoms with van der Waals surface area (Å²) in [6.45, 7) is 1.62. The van der Waals surface area contributed by atoms with E-state index >= 15 is 0 Å². The zero-order chi connectivity index (χ0) is 17.3. The van der Waals surface area contributed by atoms with Gasteiger partial charge in [0.15, 0.2) is 6.17 Å². The molecule has 0 amide bonds. The van der Waals surface area contributed by atoms with Crippen molar-refractivity contribution in [3.8, 4) is 0 Å². The van der Waals surface area contributed by atoms with Crippen LogP contribution in [-0.4, -0.2) is 41.5 Å². The van der Waals surface area contributed by atoms with Gasteiger partial charge in [-0.3, -0.25) is 14.9 Å². The molecular weight excluding hydrogens is 338 g/mol. The molecule has 1 aliphatic heterocycles. The fraction of sp³-hybridized carbons (Fsp3) is 0.647. The van der Waals surface area contributed by atoms with Crippen molar-refractivity contribution >= 4 is 16.5 Å². The zero-order valence-corrected chi connectivity index (χ0v) is 15.4. The molecule has 1 N–H and O–H groups in total. The molecule has 4 rings (SSSR count). The fourth-order valence-electron chi connectivity index (χ4n) is 3.87. The quantitative estimate of drug-likeness (QED) is 0.650. The number of hydrogen-bond acceptors (Lipinski definition) is 7. The summed E-state index contributed by atoms with van der Waals surface area (Å²) in [5.74, 6) is 1.32. The van der Waals surface area contributed by atoms with Crippen molar-refractivity contribution in [3.05, 3.63) is 34.4 Å². The zero-order valence-electron chi connectivity index (χ0n) is 14.6. The number of rotatable bonds is 5. The topological polar surface area (TPSA) is 77.2 Å². The van der Waals surface area contributed by atoms with Crippen LogP contribution in [0.3, 0.4) is 0 Å². The molecule has 8 heteroatoms. The van der Waals surface area contributed by atoms with Gasteiger partial charge in [-0.25, -0.2) is 0 Å². The minimum atomic E-state index is -0.471. The van der Waals surface area contributed by atoms with Crippen molar-refractivity contribution < 1.29 is 4.42 Å². The predicted molar refractivity (Wildman–Crippen MR) is 97.7 cm³/mol. The molecule has 2 aromatic heterocycles. The summed E-state index contributed by atoms with van der Waals surface area (Å²) in [6, 6.07) is 3.77. The molecule has 7 nitrogen and oxygen atoms in total. The minimum Gasteiger partial charge on any atom is -0.623 e. The molecule has 2 aromatic rings. The molecule has 25 heavy (non-hydrogen) atoms. The number of hydroxylamine groups is 2. The van der Waals surface area contributed by atoms with Gasteiger partial charge in [0.25, 0.3) is 0 Å². The summed E-state index contributed by atoms with van der Waals surface area (Å²) < 4.78 is 4.90. The lowest BCUT2D eigenvalue weighted by molar-refractivity contribution is 0.281. The van der Waals surface area contributed by atoms with Crippen LogP contribution in [-0.2, 0) is 6.54 Å². The van der Waals surface area contributed by atoms with Crippen LogP contribution in [0.5, 0.6) is 0 Å². The van der Waals surface area contributed by atoms with Gasteiger partial charge in [-0.15, -0.1) is 5.10 Å². The Morgan fingerprint density at radius 2 is 2.20 bits per heavy atom. The smallest absolute Gasteiger partial charge is 0.309 e. The Morgan fingerprint density at radius 1 is 1.36 bits per heavy atom. The lowest BCUT2D eigenvalue weighted by Gasteiger charge is -2.39. The first-order chi connectivity index (χ1) is 12.1. The first-order valence-corrected chi connectivity index (χ1v) is 9.84. The van der Waals surface area contributed by atoms with Crippen LogP contribution in [0.2, 0.25) is 0 Å². The van der Waals surface area contributed by atoms with Gasteiger partial charge in [0.05, 0.1) is 19.4 Å². The van der Waals surface area contributed by atoms with E-state index in [1.54, 1.807) is 6.26 Å². The Hall–Kier alpha value is -1.32. The molecule has 2 aliphatic rings. The van der Waals surface area contributed by atoms with Crippen molar-refractivity contribution in [2.24, 2.45) is 0 Å². The SMILES string of the molecule is CN1CC(NCc2ccco2)[N+]([O-])(c2nnc(C3CCCCC3)s2)C1. The molecule has 0 spiro atoms. The van der Waals surface area contributed by atoms with Gasteiger partial charge in [0.1, 0.15) is 17.4 Å². The second kappa shape index (κ2) is 7.13. The molecule has 2 atom stereocenters. The van der Waals surface area contributed by atoms with Crippen LogP contribution in [0.25, 0.3) is 0 Å². The number of nitrogens with zero attached hydrogens (tertiary/aromatic N) is 4. The molecule has 136 valence electrons. The van der Waals surface area contributed by atoms with E-state index in [0.717, 1.165) is 10.8 Å². The highest BCUT2D eigenvalue weighted by Gasteiger charge is 2.42. The molecule has 1 saturated heterocycles. The van der Waals surface area contributed by atoms with Crippen LogP contribution in [0.1, 0.15) is 48.8 Å². The second-order valence-corrected chi connectivity index (χ2v) is 8.20. The Bertz CT molecular complexity index is 685. The molecule has 2 unspecified atom stereocenters. The molecular formula is C17H25N5O2S. The summed E-state index contributed by atoms with van der Waals surface area (Å²) in [7, 11) is 1.97. The summed E-state index contributed by atoms with van der Waals surface area (Å²) >= 11 is 1.51. The molecule has 3 heterocycles. The van der Waals surface area contributed by atoms with Crippen LogP contribution in [0, 0.1) is 5.21 Å². The Balaban J connectivity index is 1.50. The maximum absolute atomic E-state index is 13.6. The van der Waals surface area contributed by atoms with Crippen LogP contribution in [0.4, 0.5) is 5.13 Å². The first-order valence-electron chi connectivity index (χ1n) is 9.02. The maximum Gasteiger partial charge on any atom is 0.309 e. The van der Waals surface area contributed by atoms with Crippen molar-refractivity contribution in [1.29, 1.82) is 0 Å². The third-order valence-electron chi connectivity index (χ3n) is 5.24. The number of furan rings is 1. The van der Waals surface area contributed by atoms with E-state index in [4.69, 9.17) is 4.42 Å². The standard InChI is InChI=1S/C17H25N5O2S/c1-21-11-15(18-10-14-8-5-9-24-14)22(23,12-21)17-20-19-16(25-17)13-6-3-2-4-7-13/h5,8-9,13,15,18H,2-4,6-7,10-12H2,1H3. The Labute approximate surface area is 151 Å². The van der Waals surface area contributed by atoms with Gasteiger partial charge >= 0.3 is 5.13 Å². The molecule has 1 aliphatic carbocycles. The van der Waals surface area contributed by atoms with E-state index in [2.05, 4.69) is 20.4 Å². The summed E-state index contributed by atoms with van der Waals surface area (Å²) in [5.41, 5.74) is 0. The Morgan fingerprint density at radius 3 is 2.96 bits per heavy atom. The second-order valence-electron chi connectivity index (χ2n) is 7.21. The highest BCUT2D eigenvalue weighted by molar-refractivity contribution is 7.15. The molecule has 2 fully saturated rings. The maximum atomic E-state index is 13.6. The average Bonchev–Trinajstić information content (AvgIpc) is 3.34. The van der Waals surface area contributed by atoms with Crippen LogP contribution < -0.4 is 9.96 Å². The highest BCUT2D eigenvalue weighted by atomic mass is 32.1. The van der Waals surface area contributed by atoms with E-state index < -0.39 is 4.65 Å². The van der Waals surface area contributed by atoms with Crippen molar-refractivity contribution in [3.63, 3.8) is 0 Å². The van der Waals surface area contributed by atoms with Gasteiger partial charge in [0.2, 0.25) is 0 Å². The summed E-state index contributed by atoms with van der Waals surface area (Å²) in [5, 5.41) is 27.3. The summed E-state index contributed by atoms with van der Waals surface area (Å²) in [4.78, 5) is 2.05. The van der Waals surface area contributed by atoms with E-state index in [1.165, 1.54) is 43.4 Å². The van der Waals surface area contributed by atoms with Crippen molar-refractivity contribution in [1.82, 2.24) is 25.1 Å². The molecule has 0 bridgehead atoms. The van der Waals surface area contributed by atoms with Gasteiger partial charge in [-0.1, -0.05) is 24.4 Å². The average molecular weight is 363 g/mol. The molecule has 0 radical (unpaired) electrons. The van der Waals surface area contributed by atoms with Gasteiger partial charge in [-0.2, -0.15) is 0 Å². The van der Waals surface area contributed by atoms with Crippen molar-refractivity contribution in [2.75, 3.05) is 20.3 Å². The number of nitrogens with one attached hydrogen (secondary N) is 1. The van der Waals surface area contributed by atoms with E-state index in [-0.39, 0.29) is 6.17 Å². The van der Waals surface area contributed by atoms with E-state index in [9.17, 15) is 5.21 Å². The highest BCUT2D eigenvalue weighted by Crippen LogP contribution is 2.39. The number of quaternary nitrogens is 1.